The maximum absolute atomic E-state index is 12.5. The van der Waals surface area contributed by atoms with E-state index in [1.165, 1.54) is 19.2 Å². The van der Waals surface area contributed by atoms with E-state index in [4.69, 9.17) is 0 Å². The highest BCUT2D eigenvalue weighted by Crippen LogP contribution is 2.24. The average Bonchev–Trinajstić information content (AvgIpc) is 2.44. The molecule has 1 N–H and O–H groups in total. The minimum absolute atomic E-state index is 0.0812. The number of rotatable bonds is 6. The standard InChI is InChI=1S/C12H17N3O5S/c1-4-14(8-12(16)13-3)21(19,20)11-7-10(15(17)18)6-5-9(11)2/h5-7H,4,8H2,1-3H3,(H,13,16). The zero-order valence-corrected chi connectivity index (χ0v) is 12.8. The molecule has 0 aliphatic carbocycles. The molecule has 0 spiro atoms. The van der Waals surface area contributed by atoms with Gasteiger partial charge >= 0.3 is 0 Å². The van der Waals surface area contributed by atoms with Gasteiger partial charge in [0, 0.05) is 25.7 Å². The number of likely N-dealkylation sites (N-methyl/N-ethyl adjacent to an activating group) is 2. The van der Waals surface area contributed by atoms with Crippen LogP contribution < -0.4 is 5.32 Å². The number of amides is 1. The van der Waals surface area contributed by atoms with Crippen molar-refractivity contribution in [3.63, 3.8) is 0 Å². The second-order valence-electron chi connectivity index (χ2n) is 4.31. The molecule has 0 atom stereocenters. The molecule has 0 radical (unpaired) electrons. The largest absolute Gasteiger partial charge is 0.358 e. The van der Waals surface area contributed by atoms with Gasteiger partial charge in [-0.15, -0.1) is 0 Å². The first kappa shape index (κ1) is 17.1. The van der Waals surface area contributed by atoms with Crippen LogP contribution in [0.2, 0.25) is 0 Å². The highest BCUT2D eigenvalue weighted by Gasteiger charge is 2.28. The number of hydrogen-bond acceptors (Lipinski definition) is 5. The van der Waals surface area contributed by atoms with E-state index in [9.17, 15) is 23.3 Å². The Bertz CT molecular complexity index is 657. The molecular formula is C12H17N3O5S. The molecular weight excluding hydrogens is 298 g/mol. The summed E-state index contributed by atoms with van der Waals surface area (Å²) in [6.45, 7) is 2.88. The number of carbonyl (C=O) groups is 1. The van der Waals surface area contributed by atoms with E-state index in [-0.39, 0.29) is 23.7 Å². The number of aryl methyl sites for hydroxylation is 1. The summed E-state index contributed by atoms with van der Waals surface area (Å²) in [7, 11) is -2.57. The third-order valence-electron chi connectivity index (χ3n) is 2.95. The highest BCUT2D eigenvalue weighted by atomic mass is 32.2. The monoisotopic (exact) mass is 315 g/mol. The van der Waals surface area contributed by atoms with Gasteiger partial charge < -0.3 is 5.32 Å². The Morgan fingerprint density at radius 3 is 2.52 bits per heavy atom. The Hall–Kier alpha value is -2.00. The van der Waals surface area contributed by atoms with Crippen molar-refractivity contribution in [2.45, 2.75) is 18.7 Å². The quantitative estimate of drug-likeness (QED) is 0.612. The summed E-state index contributed by atoms with van der Waals surface area (Å²) < 4.78 is 26.0. The van der Waals surface area contributed by atoms with Crippen LogP contribution in [0.15, 0.2) is 23.1 Å². The van der Waals surface area contributed by atoms with Crippen LogP contribution in [-0.2, 0) is 14.8 Å². The fourth-order valence-electron chi connectivity index (χ4n) is 1.73. The molecule has 1 aromatic rings. The van der Waals surface area contributed by atoms with E-state index in [0.29, 0.717) is 5.56 Å². The molecule has 8 nitrogen and oxygen atoms in total. The van der Waals surface area contributed by atoms with Gasteiger partial charge in [0.1, 0.15) is 0 Å². The number of nitro groups is 1. The van der Waals surface area contributed by atoms with Crippen molar-refractivity contribution in [2.24, 2.45) is 0 Å². The summed E-state index contributed by atoms with van der Waals surface area (Å²) in [5.41, 5.74) is 0.0751. The van der Waals surface area contributed by atoms with E-state index >= 15 is 0 Å². The first-order valence-electron chi connectivity index (χ1n) is 6.19. The number of nitrogens with one attached hydrogen (secondary N) is 1. The van der Waals surface area contributed by atoms with Gasteiger partial charge in [0.25, 0.3) is 5.69 Å². The molecule has 116 valence electrons. The Morgan fingerprint density at radius 1 is 1.43 bits per heavy atom. The molecule has 0 saturated carbocycles. The minimum atomic E-state index is -3.97. The van der Waals surface area contributed by atoms with Gasteiger partial charge in [-0.3, -0.25) is 14.9 Å². The summed E-state index contributed by atoms with van der Waals surface area (Å²) in [5, 5.41) is 13.1. The molecule has 0 aromatic heterocycles. The smallest absolute Gasteiger partial charge is 0.270 e. The summed E-state index contributed by atoms with van der Waals surface area (Å²) in [5.74, 6) is -0.455. The van der Waals surface area contributed by atoms with Crippen LogP contribution in [-0.4, -0.2) is 43.7 Å². The van der Waals surface area contributed by atoms with Gasteiger partial charge in [0.15, 0.2) is 0 Å². The van der Waals surface area contributed by atoms with Gasteiger partial charge in [0.05, 0.1) is 16.4 Å². The number of nitro benzene ring substituents is 1. The van der Waals surface area contributed by atoms with Gasteiger partial charge in [-0.1, -0.05) is 13.0 Å². The normalized spacial score (nSPS) is 11.4. The van der Waals surface area contributed by atoms with Crippen molar-refractivity contribution in [1.29, 1.82) is 0 Å². The molecule has 0 fully saturated rings. The van der Waals surface area contributed by atoms with Crippen LogP contribution in [0.1, 0.15) is 12.5 Å². The van der Waals surface area contributed by atoms with Crippen LogP contribution in [0, 0.1) is 17.0 Å². The number of sulfonamides is 1. The number of hydrogen-bond donors (Lipinski definition) is 1. The first-order valence-corrected chi connectivity index (χ1v) is 7.63. The zero-order chi connectivity index (χ0) is 16.2. The van der Waals surface area contributed by atoms with Crippen molar-refractivity contribution in [3.8, 4) is 0 Å². The molecule has 0 unspecified atom stereocenters. The highest BCUT2D eigenvalue weighted by molar-refractivity contribution is 7.89. The SMILES string of the molecule is CCN(CC(=O)NC)S(=O)(=O)c1cc([N+](=O)[O-])ccc1C. The van der Waals surface area contributed by atoms with Gasteiger partial charge in [-0.25, -0.2) is 8.42 Å². The van der Waals surface area contributed by atoms with E-state index in [1.807, 2.05) is 0 Å². The van der Waals surface area contributed by atoms with Crippen LogP contribution in [0.4, 0.5) is 5.69 Å². The lowest BCUT2D eigenvalue weighted by Crippen LogP contribution is -2.39. The van der Waals surface area contributed by atoms with Crippen molar-refractivity contribution in [2.75, 3.05) is 20.1 Å². The van der Waals surface area contributed by atoms with Crippen LogP contribution in [0.5, 0.6) is 0 Å². The first-order chi connectivity index (χ1) is 9.73. The Morgan fingerprint density at radius 2 is 2.05 bits per heavy atom. The summed E-state index contributed by atoms with van der Waals surface area (Å²) in [6, 6.07) is 3.62. The number of nitrogens with zero attached hydrogens (tertiary/aromatic N) is 2. The van der Waals surface area contributed by atoms with Gasteiger partial charge in [-0.05, 0) is 12.5 Å². The predicted molar refractivity (Wildman–Crippen MR) is 76.3 cm³/mol. The molecule has 0 aliphatic heterocycles. The molecule has 1 aromatic carbocycles. The van der Waals surface area contributed by atoms with Gasteiger partial charge in [0.2, 0.25) is 15.9 Å². The Labute approximate surface area is 123 Å². The topological polar surface area (TPSA) is 110 Å². The molecule has 0 bridgehead atoms. The van der Waals surface area contributed by atoms with E-state index < -0.39 is 20.9 Å². The lowest BCUT2D eigenvalue weighted by atomic mass is 10.2. The number of carbonyl (C=O) groups excluding carboxylic acids is 1. The van der Waals surface area contributed by atoms with Gasteiger partial charge in [-0.2, -0.15) is 4.31 Å². The molecule has 1 rings (SSSR count). The third-order valence-corrected chi connectivity index (χ3v) is 5.01. The van der Waals surface area contributed by atoms with Crippen LogP contribution >= 0.6 is 0 Å². The molecule has 0 heterocycles. The molecule has 1 amide bonds. The molecule has 0 saturated heterocycles. The molecule has 9 heteroatoms. The lowest BCUT2D eigenvalue weighted by Gasteiger charge is -2.20. The fraction of sp³-hybridized carbons (Fsp3) is 0.417. The second kappa shape index (κ2) is 6.64. The maximum atomic E-state index is 12.5. The Kier molecular flexibility index (Phi) is 5.39. The van der Waals surface area contributed by atoms with Crippen molar-refractivity contribution in [3.05, 3.63) is 33.9 Å². The van der Waals surface area contributed by atoms with Crippen LogP contribution in [0.25, 0.3) is 0 Å². The lowest BCUT2D eigenvalue weighted by molar-refractivity contribution is -0.385. The zero-order valence-electron chi connectivity index (χ0n) is 12.0. The van der Waals surface area contributed by atoms with Crippen LogP contribution in [0.3, 0.4) is 0 Å². The second-order valence-corrected chi connectivity index (χ2v) is 6.22. The van der Waals surface area contributed by atoms with Crippen molar-refractivity contribution in [1.82, 2.24) is 9.62 Å². The molecule has 21 heavy (non-hydrogen) atoms. The summed E-state index contributed by atoms with van der Waals surface area (Å²) >= 11 is 0. The number of non-ortho nitro benzene ring substituents is 1. The summed E-state index contributed by atoms with van der Waals surface area (Å²) in [4.78, 5) is 21.4. The summed E-state index contributed by atoms with van der Waals surface area (Å²) in [6.07, 6.45) is 0. The molecule has 0 aliphatic rings. The van der Waals surface area contributed by atoms with Crippen molar-refractivity contribution >= 4 is 21.6 Å². The third kappa shape index (κ3) is 3.76. The van der Waals surface area contributed by atoms with E-state index in [0.717, 1.165) is 10.4 Å². The maximum Gasteiger partial charge on any atom is 0.270 e. The van der Waals surface area contributed by atoms with E-state index in [1.54, 1.807) is 13.8 Å². The minimum Gasteiger partial charge on any atom is -0.358 e. The van der Waals surface area contributed by atoms with E-state index in [2.05, 4.69) is 5.32 Å². The number of benzene rings is 1. The predicted octanol–water partition coefficient (Wildman–Crippen LogP) is 0.660. The van der Waals surface area contributed by atoms with Crippen molar-refractivity contribution < 1.29 is 18.1 Å². The fourth-order valence-corrected chi connectivity index (χ4v) is 3.38. The Balaban J connectivity index is 3.31. The average molecular weight is 315 g/mol.